The van der Waals surface area contributed by atoms with E-state index in [2.05, 4.69) is 104 Å². The summed E-state index contributed by atoms with van der Waals surface area (Å²) in [6, 6.07) is 17.5. The molecule has 0 N–H and O–H groups in total. The second-order valence-electron chi connectivity index (χ2n) is 10.5. The van der Waals surface area contributed by atoms with Crippen LogP contribution < -0.4 is 0 Å². The van der Waals surface area contributed by atoms with E-state index in [0.717, 1.165) is 67.5 Å². The largest absolute Gasteiger partial charge is 2.00 e. The minimum atomic E-state index is 0. The number of hydrogen-bond donors (Lipinski definition) is 0. The second kappa shape index (κ2) is 22.7. The summed E-state index contributed by atoms with van der Waals surface area (Å²) in [4.78, 5) is 0. The van der Waals surface area contributed by atoms with Gasteiger partial charge < -0.3 is 19.4 Å². The first-order valence-electron chi connectivity index (χ1n) is 15.6. The maximum atomic E-state index is 11.4. The van der Waals surface area contributed by atoms with Gasteiger partial charge in [-0.15, -0.1) is 0 Å². The molecule has 1 heterocycles. The number of hydrogen-bond acceptors (Lipinski definition) is 0. The summed E-state index contributed by atoms with van der Waals surface area (Å²) in [5, 5.41) is 0. The van der Waals surface area contributed by atoms with Crippen LogP contribution in [-0.2, 0) is 29.3 Å². The minimum absolute atomic E-state index is 0. The number of rotatable bonds is 13. The molecular weight excluding hydrogens is 531 g/mol. The Labute approximate surface area is 258 Å². The van der Waals surface area contributed by atoms with Gasteiger partial charge in [0.15, 0.2) is 0 Å². The Morgan fingerprint density at radius 2 is 1.02 bits per heavy atom. The molecule has 0 amide bonds. The average molecular weight is 588 g/mol. The van der Waals surface area contributed by atoms with Gasteiger partial charge in [0, 0.05) is 22.3 Å². The first kappa shape index (κ1) is 38.0. The Kier molecular flexibility index (Phi) is 21.5. The zero-order valence-electron chi connectivity index (χ0n) is 26.4. The van der Waals surface area contributed by atoms with Crippen LogP contribution >= 0.6 is 0 Å². The molecule has 0 fully saturated rings. The molecule has 40 heavy (non-hydrogen) atoms. The number of allylic oxidation sites excluding steroid dienone is 2. The van der Waals surface area contributed by atoms with Crippen molar-refractivity contribution in [3.05, 3.63) is 101 Å². The quantitative estimate of drug-likeness (QED) is 0.127. The van der Waals surface area contributed by atoms with E-state index < -0.39 is 0 Å². The predicted molar refractivity (Wildman–Crippen MR) is 173 cm³/mol. The third-order valence-corrected chi connectivity index (χ3v) is 7.04. The zero-order chi connectivity index (χ0) is 29.0. The fourth-order valence-electron chi connectivity index (χ4n) is 4.52. The monoisotopic (exact) mass is 586 g/mol. The van der Waals surface area contributed by atoms with Crippen molar-refractivity contribution in [2.24, 2.45) is 0 Å². The normalized spacial score (nSPS) is 12.4. The molecule has 2 aromatic rings. The summed E-state index contributed by atoms with van der Waals surface area (Å²) in [7, 11) is 0. The number of nitrogens with zero attached hydrogens (tertiary/aromatic N) is 2. The Hall–Kier alpha value is -1.99. The fourth-order valence-corrected chi connectivity index (χ4v) is 4.52. The topological polar surface area (TPSA) is 25.3 Å². The predicted octanol–water partition coefficient (Wildman–Crippen LogP) is 12.0. The van der Waals surface area contributed by atoms with Crippen molar-refractivity contribution in [1.82, 2.24) is 0 Å². The number of unbranched alkanes of at least 4 members (excludes halogenated alkanes) is 5. The number of aryl methyl sites for hydroxylation is 2. The molecule has 224 valence electrons. The molecule has 0 saturated heterocycles. The van der Waals surface area contributed by atoms with Crippen LogP contribution in [0.25, 0.3) is 16.9 Å². The molecule has 1 aliphatic rings. The van der Waals surface area contributed by atoms with Crippen molar-refractivity contribution in [1.29, 1.82) is 0 Å². The first-order chi connectivity index (χ1) is 18.9. The zero-order valence-corrected chi connectivity index (χ0v) is 27.4. The van der Waals surface area contributed by atoms with Gasteiger partial charge in [-0.05, 0) is 80.8 Å². The van der Waals surface area contributed by atoms with Crippen LogP contribution in [0.1, 0.15) is 134 Å². The molecule has 0 bridgehead atoms. The van der Waals surface area contributed by atoms with Crippen molar-refractivity contribution in [3.63, 3.8) is 0 Å². The Bertz CT molecular complexity index is 1040. The number of benzene rings is 2. The van der Waals surface area contributed by atoms with Gasteiger partial charge in [0.05, 0.1) is 0 Å². The van der Waals surface area contributed by atoms with Crippen molar-refractivity contribution in [2.45, 2.75) is 125 Å². The summed E-state index contributed by atoms with van der Waals surface area (Å²) in [6.07, 6.45) is 14.8. The van der Waals surface area contributed by atoms with Gasteiger partial charge in [-0.3, -0.25) is 0 Å². The third kappa shape index (κ3) is 12.3. The minimum Gasteiger partial charge on any atom is -0.493 e. The van der Waals surface area contributed by atoms with Crippen LogP contribution in [0.2, 0.25) is 0 Å². The second-order valence-corrected chi connectivity index (χ2v) is 10.5. The Balaban J connectivity index is 0.00000149. The van der Waals surface area contributed by atoms with E-state index in [1.165, 1.54) is 65.5 Å². The van der Waals surface area contributed by atoms with Crippen LogP contribution in [0.4, 0.5) is 0 Å². The van der Waals surface area contributed by atoms with E-state index in [1.54, 1.807) is 0 Å². The van der Waals surface area contributed by atoms with Gasteiger partial charge in [0.25, 0.3) is 0 Å². The molecule has 1 aliphatic heterocycles. The SMILES string of the molecule is CCCCC1=C(c2cccc(CCCC)c2)[N+](=[N-])C(c2cccc(CCCC)c2)=C1C.[CH2-]CCC.[CH2-]CCC.[Ni+2]. The van der Waals surface area contributed by atoms with Crippen LogP contribution in [-0.4, -0.2) is 4.70 Å². The maximum absolute atomic E-state index is 11.4. The molecule has 2 aromatic carbocycles. The first-order valence-corrected chi connectivity index (χ1v) is 15.6. The summed E-state index contributed by atoms with van der Waals surface area (Å²) < 4.78 is 1.47. The van der Waals surface area contributed by atoms with Crippen LogP contribution in [0, 0.1) is 13.8 Å². The van der Waals surface area contributed by atoms with Crippen LogP contribution in [0.3, 0.4) is 0 Å². The van der Waals surface area contributed by atoms with E-state index in [4.69, 9.17) is 0 Å². The maximum Gasteiger partial charge on any atom is 2.00 e. The van der Waals surface area contributed by atoms with Gasteiger partial charge in [-0.25, -0.2) is 4.70 Å². The standard InChI is InChI=1S/C29H38N2.2C4H9.Ni/c1-5-8-13-23-15-11-17-25(20-23)28-22(4)27(19-10-7-3)29(31(28)30)26-18-12-16-24(21-26)14-9-6-2;2*1-3-4-2;/h11-12,15-18,20-21H,5-10,13-14,19H2,1-4H3;2*1,3-4H2,2H3;/q;2*-1;+2. The van der Waals surface area contributed by atoms with Crippen molar-refractivity contribution in [2.75, 3.05) is 0 Å². The van der Waals surface area contributed by atoms with Crippen LogP contribution in [0.5, 0.6) is 0 Å². The molecule has 0 radical (unpaired) electrons. The Morgan fingerprint density at radius 1 is 0.625 bits per heavy atom. The van der Waals surface area contributed by atoms with Crippen LogP contribution in [0.15, 0.2) is 59.7 Å². The summed E-state index contributed by atoms with van der Waals surface area (Å²) in [6.45, 7) is 20.3. The average Bonchev–Trinajstić information content (AvgIpc) is 3.22. The molecule has 3 rings (SSSR count). The van der Waals surface area contributed by atoms with E-state index in [0.29, 0.717) is 0 Å². The molecule has 3 heteroatoms. The summed E-state index contributed by atoms with van der Waals surface area (Å²) in [5.41, 5.74) is 20.8. The molecule has 0 spiro atoms. The van der Waals surface area contributed by atoms with Crippen molar-refractivity contribution in [3.8, 4) is 0 Å². The molecule has 0 saturated carbocycles. The summed E-state index contributed by atoms with van der Waals surface area (Å²) in [5.74, 6) is 0. The molecule has 2 nitrogen and oxygen atoms in total. The molecular formula is C37H56N2Ni. The fraction of sp³-hybridized carbons (Fsp3) is 0.514. The van der Waals surface area contributed by atoms with Gasteiger partial charge in [0.2, 0.25) is 11.4 Å². The van der Waals surface area contributed by atoms with E-state index in [-0.39, 0.29) is 16.5 Å². The Morgan fingerprint density at radius 3 is 1.43 bits per heavy atom. The van der Waals surface area contributed by atoms with Gasteiger partial charge in [-0.1, -0.05) is 91.0 Å². The van der Waals surface area contributed by atoms with Crippen molar-refractivity contribution < 1.29 is 21.2 Å². The van der Waals surface area contributed by atoms with Gasteiger partial charge >= 0.3 is 16.5 Å². The molecule has 0 atom stereocenters. The van der Waals surface area contributed by atoms with Crippen molar-refractivity contribution >= 4 is 11.4 Å². The third-order valence-electron chi connectivity index (χ3n) is 7.04. The molecule has 0 aliphatic carbocycles. The summed E-state index contributed by atoms with van der Waals surface area (Å²) >= 11 is 0. The van der Waals surface area contributed by atoms with Gasteiger partial charge in [0.1, 0.15) is 0 Å². The van der Waals surface area contributed by atoms with E-state index in [9.17, 15) is 5.53 Å². The van der Waals surface area contributed by atoms with E-state index >= 15 is 0 Å². The smallest absolute Gasteiger partial charge is 0.493 e. The van der Waals surface area contributed by atoms with Gasteiger partial charge in [-0.2, -0.15) is 12.8 Å². The molecule has 0 aromatic heterocycles. The van der Waals surface area contributed by atoms with E-state index in [1.807, 2.05) is 0 Å². The molecule has 0 unspecified atom stereocenters.